The van der Waals surface area contributed by atoms with Crippen LogP contribution in [0.25, 0.3) is 5.95 Å². The molecule has 4 aromatic rings. The first kappa shape index (κ1) is 16.9. The van der Waals surface area contributed by atoms with E-state index in [1.807, 2.05) is 22.9 Å². The highest BCUT2D eigenvalue weighted by molar-refractivity contribution is 5.33. The maximum atomic E-state index is 5.98. The van der Waals surface area contributed by atoms with Crippen LogP contribution in [0.4, 0.5) is 0 Å². The third kappa shape index (κ3) is 2.93. The van der Waals surface area contributed by atoms with Gasteiger partial charge in [0.1, 0.15) is 11.5 Å². The number of furan rings is 1. The van der Waals surface area contributed by atoms with E-state index in [2.05, 4.69) is 50.0 Å². The fourth-order valence-electron chi connectivity index (χ4n) is 3.93. The van der Waals surface area contributed by atoms with E-state index in [-0.39, 0.29) is 6.04 Å². The van der Waals surface area contributed by atoms with Crippen LogP contribution in [-0.2, 0) is 19.4 Å². The van der Waals surface area contributed by atoms with Crippen molar-refractivity contribution >= 4 is 0 Å². The predicted octanol–water partition coefficient (Wildman–Crippen LogP) is 3.29. The summed E-state index contributed by atoms with van der Waals surface area (Å²) in [6, 6.07) is 10.1. The first-order chi connectivity index (χ1) is 13.8. The zero-order valence-electron chi connectivity index (χ0n) is 15.7. The van der Waals surface area contributed by atoms with Crippen LogP contribution in [0.15, 0.2) is 59.7 Å². The van der Waals surface area contributed by atoms with Crippen LogP contribution in [0, 0.1) is 0 Å². The summed E-state index contributed by atoms with van der Waals surface area (Å²) < 4.78 is 8.03. The van der Waals surface area contributed by atoms with Crippen molar-refractivity contribution in [2.75, 3.05) is 6.54 Å². The molecular weight excluding hydrogens is 352 g/mol. The lowest BCUT2D eigenvalue weighted by Gasteiger charge is -2.34. The second-order valence-electron chi connectivity index (χ2n) is 6.96. The monoisotopic (exact) mass is 374 g/mol. The number of hydrogen-bond donors (Lipinski definition) is 1. The summed E-state index contributed by atoms with van der Waals surface area (Å²) in [5, 5.41) is 0. The van der Waals surface area contributed by atoms with Crippen molar-refractivity contribution < 1.29 is 4.42 Å². The number of hydrogen-bond acceptors (Lipinski definition) is 5. The Hall–Kier alpha value is -3.19. The number of fused-ring (bicyclic) bond motifs is 1. The van der Waals surface area contributed by atoms with Gasteiger partial charge in [-0.3, -0.25) is 9.47 Å². The van der Waals surface area contributed by atoms with E-state index in [0.29, 0.717) is 5.95 Å². The maximum absolute atomic E-state index is 5.98. The van der Waals surface area contributed by atoms with E-state index in [1.54, 1.807) is 18.7 Å². The summed E-state index contributed by atoms with van der Waals surface area (Å²) in [5.41, 5.74) is 3.35. The lowest BCUT2D eigenvalue weighted by molar-refractivity contribution is 0.179. The molecule has 0 amide bonds. The van der Waals surface area contributed by atoms with Gasteiger partial charge >= 0.3 is 0 Å². The first-order valence-corrected chi connectivity index (χ1v) is 9.62. The molecule has 5 heterocycles. The number of nitrogens with one attached hydrogen (secondary N) is 1. The van der Waals surface area contributed by atoms with Gasteiger partial charge in [0.05, 0.1) is 24.6 Å². The van der Waals surface area contributed by atoms with Crippen molar-refractivity contribution in [1.82, 2.24) is 29.4 Å². The zero-order chi connectivity index (χ0) is 18.9. The zero-order valence-corrected chi connectivity index (χ0v) is 15.7. The lowest BCUT2D eigenvalue weighted by Crippen LogP contribution is -2.36. The third-order valence-corrected chi connectivity index (χ3v) is 5.28. The summed E-state index contributed by atoms with van der Waals surface area (Å²) in [6.07, 6.45) is 9.16. The van der Waals surface area contributed by atoms with E-state index >= 15 is 0 Å². The standard InChI is InChI=1S/C21H22N6O/c1-2-15-6-7-16(28-15)13-26-12-8-17-19(25-14-24-17)20(26)18-5-3-11-27(18)21-22-9-4-10-23-21/h3-7,9-11,14,20H,2,8,12-13H2,1H3,(H,24,25). The van der Waals surface area contributed by atoms with Gasteiger partial charge in [0, 0.05) is 49.4 Å². The Morgan fingerprint density at radius 1 is 1.11 bits per heavy atom. The van der Waals surface area contributed by atoms with Gasteiger partial charge in [0.2, 0.25) is 5.95 Å². The Morgan fingerprint density at radius 2 is 1.96 bits per heavy atom. The molecule has 0 saturated carbocycles. The SMILES string of the molecule is CCc1ccc(CN2CCc3[nH]cnc3C2c2cccn2-c2ncccn2)o1. The van der Waals surface area contributed by atoms with Crippen LogP contribution >= 0.6 is 0 Å². The highest BCUT2D eigenvalue weighted by Gasteiger charge is 2.33. The van der Waals surface area contributed by atoms with Gasteiger partial charge in [-0.15, -0.1) is 0 Å². The summed E-state index contributed by atoms with van der Waals surface area (Å²) in [7, 11) is 0. The lowest BCUT2D eigenvalue weighted by atomic mass is 9.99. The molecule has 0 spiro atoms. The number of aryl methyl sites for hydroxylation is 1. The van der Waals surface area contributed by atoms with Crippen molar-refractivity contribution in [1.29, 1.82) is 0 Å². The molecule has 1 aliphatic heterocycles. The van der Waals surface area contributed by atoms with Gasteiger partial charge in [-0.05, 0) is 30.3 Å². The van der Waals surface area contributed by atoms with Crippen molar-refractivity contribution in [2.24, 2.45) is 0 Å². The molecule has 1 atom stereocenters. The van der Waals surface area contributed by atoms with Crippen molar-refractivity contribution in [3.8, 4) is 5.95 Å². The van der Waals surface area contributed by atoms with Crippen LogP contribution in [-0.4, -0.2) is 35.9 Å². The normalized spacial score (nSPS) is 17.0. The van der Waals surface area contributed by atoms with E-state index in [9.17, 15) is 0 Å². The highest BCUT2D eigenvalue weighted by atomic mass is 16.3. The molecular formula is C21H22N6O. The summed E-state index contributed by atoms with van der Waals surface area (Å²) in [6.45, 7) is 3.76. The number of rotatable bonds is 5. The van der Waals surface area contributed by atoms with E-state index in [4.69, 9.17) is 4.42 Å². The molecule has 1 aliphatic rings. The van der Waals surface area contributed by atoms with Gasteiger partial charge in [-0.1, -0.05) is 6.92 Å². The molecule has 5 rings (SSSR count). The smallest absolute Gasteiger partial charge is 0.233 e. The molecule has 7 nitrogen and oxygen atoms in total. The molecule has 1 unspecified atom stereocenters. The average Bonchev–Trinajstić information content (AvgIpc) is 3.49. The molecule has 0 saturated heterocycles. The molecule has 0 radical (unpaired) electrons. The summed E-state index contributed by atoms with van der Waals surface area (Å²) >= 11 is 0. The number of imidazole rings is 1. The molecule has 0 aromatic carbocycles. The van der Waals surface area contributed by atoms with Gasteiger partial charge in [-0.25, -0.2) is 15.0 Å². The molecule has 28 heavy (non-hydrogen) atoms. The molecule has 7 heteroatoms. The van der Waals surface area contributed by atoms with Crippen molar-refractivity contribution in [2.45, 2.75) is 32.4 Å². The highest BCUT2D eigenvalue weighted by Crippen LogP contribution is 2.35. The largest absolute Gasteiger partial charge is 0.465 e. The second kappa shape index (κ2) is 7.09. The van der Waals surface area contributed by atoms with Crippen LogP contribution in [0.2, 0.25) is 0 Å². The van der Waals surface area contributed by atoms with E-state index in [0.717, 1.165) is 48.8 Å². The van der Waals surface area contributed by atoms with Crippen LogP contribution in [0.3, 0.4) is 0 Å². The minimum absolute atomic E-state index is 0.00369. The van der Waals surface area contributed by atoms with Gasteiger partial charge in [-0.2, -0.15) is 0 Å². The van der Waals surface area contributed by atoms with E-state index < -0.39 is 0 Å². The maximum Gasteiger partial charge on any atom is 0.233 e. The van der Waals surface area contributed by atoms with Gasteiger partial charge < -0.3 is 9.40 Å². The quantitative estimate of drug-likeness (QED) is 0.580. The Bertz CT molecular complexity index is 1060. The van der Waals surface area contributed by atoms with Crippen LogP contribution < -0.4 is 0 Å². The first-order valence-electron chi connectivity index (χ1n) is 9.62. The second-order valence-corrected chi connectivity index (χ2v) is 6.96. The molecule has 0 aliphatic carbocycles. The average molecular weight is 374 g/mol. The Labute approximate surface area is 163 Å². The Balaban J connectivity index is 1.55. The minimum atomic E-state index is 0.00369. The minimum Gasteiger partial charge on any atom is -0.465 e. The Morgan fingerprint density at radius 3 is 2.79 bits per heavy atom. The summed E-state index contributed by atoms with van der Waals surface area (Å²) in [5.74, 6) is 2.66. The van der Waals surface area contributed by atoms with E-state index in [1.165, 1.54) is 5.69 Å². The molecule has 1 N–H and O–H groups in total. The number of aromatic nitrogens is 5. The summed E-state index contributed by atoms with van der Waals surface area (Å²) in [4.78, 5) is 19.2. The molecule has 142 valence electrons. The van der Waals surface area contributed by atoms with Crippen LogP contribution in [0.5, 0.6) is 0 Å². The molecule has 0 bridgehead atoms. The molecule has 4 aromatic heterocycles. The number of H-pyrrole nitrogens is 1. The fourth-order valence-corrected chi connectivity index (χ4v) is 3.93. The predicted molar refractivity (Wildman–Crippen MR) is 104 cm³/mol. The topological polar surface area (TPSA) is 75.8 Å². The number of nitrogens with zero attached hydrogens (tertiary/aromatic N) is 5. The van der Waals surface area contributed by atoms with Crippen molar-refractivity contribution in [3.63, 3.8) is 0 Å². The fraction of sp³-hybridized carbons (Fsp3) is 0.286. The van der Waals surface area contributed by atoms with Gasteiger partial charge in [0.25, 0.3) is 0 Å². The third-order valence-electron chi connectivity index (χ3n) is 5.28. The van der Waals surface area contributed by atoms with Crippen molar-refractivity contribution in [3.05, 3.63) is 83.9 Å². The van der Waals surface area contributed by atoms with Gasteiger partial charge in [0.15, 0.2) is 0 Å². The number of aromatic amines is 1. The van der Waals surface area contributed by atoms with Crippen LogP contribution in [0.1, 0.15) is 41.6 Å². The molecule has 0 fully saturated rings. The Kier molecular flexibility index (Phi) is 4.29.